The summed E-state index contributed by atoms with van der Waals surface area (Å²) in [6.07, 6.45) is 1.36. The summed E-state index contributed by atoms with van der Waals surface area (Å²) < 4.78 is 19.2. The number of hydrogen-bond acceptors (Lipinski definition) is 2. The minimum absolute atomic E-state index is 0.00608. The lowest BCUT2D eigenvalue weighted by Crippen LogP contribution is -2.59. The lowest BCUT2D eigenvalue weighted by atomic mass is 9.95. The van der Waals surface area contributed by atoms with Gasteiger partial charge in [-0.05, 0) is 18.6 Å². The molecule has 1 aliphatic heterocycles. The molecule has 1 aromatic rings. The summed E-state index contributed by atoms with van der Waals surface area (Å²) >= 11 is 0. The normalized spacial score (nSPS) is 24.9. The van der Waals surface area contributed by atoms with Gasteiger partial charge in [-0.25, -0.2) is 4.39 Å². The van der Waals surface area contributed by atoms with Crippen molar-refractivity contribution in [3.05, 3.63) is 59.9 Å². The first-order valence-corrected chi connectivity index (χ1v) is 5.60. The van der Waals surface area contributed by atoms with Crippen molar-refractivity contribution >= 4 is 5.91 Å². The number of β-lactam (4-membered cyclic amide) rings is 1. The number of amides is 1. The number of ether oxygens (including phenoxy) is 1. The van der Waals surface area contributed by atoms with Crippen molar-refractivity contribution in [2.24, 2.45) is 0 Å². The fraction of sp³-hybridized carbons (Fsp3) is 0.214. The summed E-state index contributed by atoms with van der Waals surface area (Å²) in [6.45, 7) is 5.10. The molecule has 0 aliphatic carbocycles. The van der Waals surface area contributed by atoms with Gasteiger partial charge in [-0.2, -0.15) is 0 Å². The van der Waals surface area contributed by atoms with Crippen LogP contribution >= 0.6 is 0 Å². The third-order valence-electron chi connectivity index (χ3n) is 2.71. The molecule has 1 aromatic carbocycles. The van der Waals surface area contributed by atoms with Crippen LogP contribution in [0.3, 0.4) is 0 Å². The zero-order valence-electron chi connectivity index (χ0n) is 10.1. The van der Waals surface area contributed by atoms with E-state index in [1.807, 2.05) is 30.3 Å². The third-order valence-corrected chi connectivity index (χ3v) is 2.71. The van der Waals surface area contributed by atoms with Crippen molar-refractivity contribution in [2.75, 3.05) is 0 Å². The van der Waals surface area contributed by atoms with Crippen LogP contribution in [0, 0.1) is 0 Å². The summed E-state index contributed by atoms with van der Waals surface area (Å²) in [4.78, 5) is 11.3. The molecule has 94 valence electrons. The molecule has 0 spiro atoms. The Morgan fingerprint density at radius 3 is 2.67 bits per heavy atom. The van der Waals surface area contributed by atoms with E-state index >= 15 is 0 Å². The molecule has 0 saturated carbocycles. The smallest absolute Gasteiger partial charge is 0.258 e. The van der Waals surface area contributed by atoms with E-state index in [0.717, 1.165) is 5.56 Å². The first-order valence-electron chi connectivity index (χ1n) is 5.60. The molecule has 18 heavy (non-hydrogen) atoms. The Hall–Kier alpha value is -2.10. The Kier molecular flexibility index (Phi) is 3.19. The number of hydrogen-bond donors (Lipinski definition) is 1. The second-order valence-corrected chi connectivity index (χ2v) is 4.17. The zero-order chi connectivity index (χ0) is 13.2. The van der Waals surface area contributed by atoms with Crippen molar-refractivity contribution in [2.45, 2.75) is 19.3 Å². The quantitative estimate of drug-likeness (QED) is 0.384. The molecule has 1 saturated heterocycles. The predicted octanol–water partition coefficient (Wildman–Crippen LogP) is 2.46. The zero-order valence-corrected chi connectivity index (χ0v) is 10.1. The molecule has 1 heterocycles. The van der Waals surface area contributed by atoms with Gasteiger partial charge in [-0.3, -0.25) is 4.79 Å². The predicted molar refractivity (Wildman–Crippen MR) is 66.1 cm³/mol. The van der Waals surface area contributed by atoms with Crippen LogP contribution in [0.25, 0.3) is 0 Å². The first kappa shape index (κ1) is 12.4. The van der Waals surface area contributed by atoms with Crippen LogP contribution < -0.4 is 5.32 Å². The molecule has 1 atom stereocenters. The number of nitrogens with one attached hydrogen (secondary N) is 1. The molecule has 1 fully saturated rings. The van der Waals surface area contributed by atoms with Crippen molar-refractivity contribution in [1.29, 1.82) is 0 Å². The Labute approximate surface area is 105 Å². The number of allylic oxidation sites excluding steroid dienone is 1. The van der Waals surface area contributed by atoms with Crippen LogP contribution in [0.2, 0.25) is 0 Å². The van der Waals surface area contributed by atoms with Gasteiger partial charge in [0.2, 0.25) is 5.79 Å². The Bertz CT molecular complexity index is 506. The third kappa shape index (κ3) is 2.27. The second-order valence-electron chi connectivity index (χ2n) is 4.17. The summed E-state index contributed by atoms with van der Waals surface area (Å²) in [5.74, 6) is -2.10. The molecule has 1 N–H and O–H groups in total. The fourth-order valence-corrected chi connectivity index (χ4v) is 1.80. The van der Waals surface area contributed by atoms with Gasteiger partial charge in [0, 0.05) is 0 Å². The lowest BCUT2D eigenvalue weighted by Gasteiger charge is -2.35. The SMILES string of the molecule is C=C/C(OCc1ccccc1)=C1/C(=O)NC1(C)F. The highest BCUT2D eigenvalue weighted by molar-refractivity contribution is 6.03. The highest BCUT2D eigenvalue weighted by atomic mass is 19.1. The van der Waals surface area contributed by atoms with E-state index in [9.17, 15) is 9.18 Å². The van der Waals surface area contributed by atoms with Crippen LogP contribution in [0.4, 0.5) is 4.39 Å². The average Bonchev–Trinajstić information content (AvgIpc) is 2.34. The minimum Gasteiger partial charge on any atom is -0.488 e. The molecule has 2 rings (SSSR count). The molecule has 0 bridgehead atoms. The Morgan fingerprint density at radius 1 is 1.50 bits per heavy atom. The van der Waals surface area contributed by atoms with Gasteiger partial charge in [0.15, 0.2) is 0 Å². The van der Waals surface area contributed by atoms with Crippen LogP contribution in [0.5, 0.6) is 0 Å². The maximum absolute atomic E-state index is 13.8. The monoisotopic (exact) mass is 247 g/mol. The van der Waals surface area contributed by atoms with Crippen LogP contribution in [0.1, 0.15) is 12.5 Å². The molecule has 1 aliphatic rings. The lowest BCUT2D eigenvalue weighted by molar-refractivity contribution is -0.129. The number of halogens is 1. The van der Waals surface area contributed by atoms with E-state index in [-0.39, 0.29) is 17.9 Å². The highest BCUT2D eigenvalue weighted by Crippen LogP contribution is 2.31. The van der Waals surface area contributed by atoms with Crippen LogP contribution in [0.15, 0.2) is 54.3 Å². The van der Waals surface area contributed by atoms with Gasteiger partial charge in [-0.15, -0.1) is 0 Å². The molecule has 1 amide bonds. The standard InChI is InChI=1S/C14H14FNO2/c1-3-11(12-13(17)16-14(12,2)15)18-9-10-7-5-4-6-8-10/h3-8H,1,9H2,2H3,(H,16,17)/b12-11+. The van der Waals surface area contributed by atoms with Crippen LogP contribution in [-0.2, 0) is 16.1 Å². The first-order chi connectivity index (χ1) is 8.54. The van der Waals surface area contributed by atoms with Gasteiger partial charge < -0.3 is 10.1 Å². The van der Waals surface area contributed by atoms with Crippen molar-refractivity contribution in [1.82, 2.24) is 5.32 Å². The number of alkyl halides is 1. The molecule has 0 radical (unpaired) electrons. The van der Waals surface area contributed by atoms with E-state index < -0.39 is 11.7 Å². The van der Waals surface area contributed by atoms with Gasteiger partial charge in [-0.1, -0.05) is 36.9 Å². The molecular formula is C14H14FNO2. The van der Waals surface area contributed by atoms with E-state index in [2.05, 4.69) is 11.9 Å². The molecule has 0 aromatic heterocycles. The Morgan fingerprint density at radius 2 is 2.17 bits per heavy atom. The summed E-state index contributed by atoms with van der Waals surface area (Å²) in [5, 5.41) is 2.15. The van der Waals surface area contributed by atoms with E-state index in [1.54, 1.807) is 0 Å². The number of carbonyl (C=O) groups is 1. The average molecular weight is 247 g/mol. The summed E-state index contributed by atoms with van der Waals surface area (Å²) in [5.41, 5.74) is 0.936. The molecular weight excluding hydrogens is 233 g/mol. The van der Waals surface area contributed by atoms with Gasteiger partial charge in [0.1, 0.15) is 17.9 Å². The molecule has 4 heteroatoms. The Balaban J connectivity index is 2.14. The highest BCUT2D eigenvalue weighted by Gasteiger charge is 2.47. The van der Waals surface area contributed by atoms with Gasteiger partial charge in [0.25, 0.3) is 5.91 Å². The van der Waals surface area contributed by atoms with E-state index in [0.29, 0.717) is 0 Å². The van der Waals surface area contributed by atoms with E-state index in [4.69, 9.17) is 4.74 Å². The van der Waals surface area contributed by atoms with Crippen molar-refractivity contribution in [3.8, 4) is 0 Å². The largest absolute Gasteiger partial charge is 0.488 e. The number of rotatable bonds is 4. The topological polar surface area (TPSA) is 38.3 Å². The number of carbonyl (C=O) groups excluding carboxylic acids is 1. The number of benzene rings is 1. The maximum Gasteiger partial charge on any atom is 0.258 e. The maximum atomic E-state index is 13.8. The minimum atomic E-state index is -1.84. The molecule has 3 nitrogen and oxygen atoms in total. The second kappa shape index (κ2) is 4.64. The van der Waals surface area contributed by atoms with Crippen molar-refractivity contribution in [3.63, 3.8) is 0 Å². The molecule has 1 unspecified atom stereocenters. The summed E-state index contributed by atoms with van der Waals surface area (Å²) in [6, 6.07) is 9.44. The van der Waals surface area contributed by atoms with Crippen molar-refractivity contribution < 1.29 is 13.9 Å². The van der Waals surface area contributed by atoms with Crippen LogP contribution in [-0.4, -0.2) is 11.7 Å². The fourth-order valence-electron chi connectivity index (χ4n) is 1.80. The van der Waals surface area contributed by atoms with E-state index in [1.165, 1.54) is 13.0 Å². The summed E-state index contributed by atoms with van der Waals surface area (Å²) in [7, 11) is 0. The van der Waals surface area contributed by atoms with Gasteiger partial charge in [0.05, 0.1) is 0 Å². The van der Waals surface area contributed by atoms with Gasteiger partial charge >= 0.3 is 0 Å².